The van der Waals surface area contributed by atoms with Crippen LogP contribution < -0.4 is 5.56 Å². The second kappa shape index (κ2) is 8.07. The number of fused-ring (bicyclic) bond motifs is 1. The standard InChI is InChI=1S/C22H19N5OS3/c1-13-4-6-15(7-5-13)19-14(2)30-12-17(19)20-24-25-22(26(20)3)31-11-16-10-18(28)27-8-9-29-21(27)23-16/h4-10,12H,11H2,1-3H3. The summed E-state index contributed by atoms with van der Waals surface area (Å²) < 4.78 is 3.57. The first-order valence-corrected chi connectivity index (χ1v) is 12.4. The first-order chi connectivity index (χ1) is 15.0. The van der Waals surface area contributed by atoms with Crippen LogP contribution in [0.3, 0.4) is 0 Å². The number of nitrogens with zero attached hydrogens (tertiary/aromatic N) is 5. The molecule has 0 atom stereocenters. The highest BCUT2D eigenvalue weighted by atomic mass is 32.2. The van der Waals surface area contributed by atoms with Gasteiger partial charge in [-0.1, -0.05) is 41.6 Å². The van der Waals surface area contributed by atoms with Gasteiger partial charge in [0.05, 0.1) is 5.69 Å². The Labute approximate surface area is 191 Å². The number of rotatable bonds is 5. The van der Waals surface area contributed by atoms with E-state index in [0.29, 0.717) is 10.7 Å². The van der Waals surface area contributed by atoms with E-state index in [1.54, 1.807) is 28.0 Å². The molecule has 4 aromatic heterocycles. The third-order valence-electron chi connectivity index (χ3n) is 5.10. The van der Waals surface area contributed by atoms with Gasteiger partial charge in [-0.25, -0.2) is 4.98 Å². The van der Waals surface area contributed by atoms with E-state index in [9.17, 15) is 4.79 Å². The average Bonchev–Trinajstić information content (AvgIpc) is 3.46. The number of thiazole rings is 1. The van der Waals surface area contributed by atoms with E-state index in [2.05, 4.69) is 58.7 Å². The van der Waals surface area contributed by atoms with Crippen LogP contribution >= 0.6 is 34.4 Å². The Morgan fingerprint density at radius 2 is 1.90 bits per heavy atom. The number of hydrogen-bond acceptors (Lipinski definition) is 7. The summed E-state index contributed by atoms with van der Waals surface area (Å²) in [6, 6.07) is 10.2. The first-order valence-electron chi connectivity index (χ1n) is 9.65. The van der Waals surface area contributed by atoms with Crippen molar-refractivity contribution in [3.05, 3.63) is 73.8 Å². The highest BCUT2D eigenvalue weighted by Crippen LogP contribution is 2.39. The molecule has 156 valence electrons. The third-order valence-corrected chi connectivity index (χ3v) is 7.82. The van der Waals surface area contributed by atoms with Gasteiger partial charge in [0, 0.05) is 51.8 Å². The molecule has 0 unspecified atom stereocenters. The molecule has 0 aliphatic heterocycles. The number of aromatic nitrogens is 5. The van der Waals surface area contributed by atoms with Gasteiger partial charge >= 0.3 is 0 Å². The zero-order valence-corrected chi connectivity index (χ0v) is 19.6. The number of thioether (sulfide) groups is 1. The molecule has 0 saturated heterocycles. The molecule has 0 saturated carbocycles. The second-order valence-corrected chi connectivity index (χ2v) is 10.1. The summed E-state index contributed by atoms with van der Waals surface area (Å²) in [5, 5.41) is 13.7. The van der Waals surface area contributed by atoms with Crippen molar-refractivity contribution >= 4 is 39.4 Å². The quantitative estimate of drug-likeness (QED) is 0.334. The van der Waals surface area contributed by atoms with Crippen molar-refractivity contribution in [3.8, 4) is 22.5 Å². The molecule has 0 radical (unpaired) electrons. The van der Waals surface area contributed by atoms with Crippen LogP contribution in [0.1, 0.15) is 16.1 Å². The fourth-order valence-electron chi connectivity index (χ4n) is 3.47. The van der Waals surface area contributed by atoms with Gasteiger partial charge in [0.2, 0.25) is 0 Å². The summed E-state index contributed by atoms with van der Waals surface area (Å²) in [4.78, 5) is 18.7. The van der Waals surface area contributed by atoms with Crippen LogP contribution in [0.4, 0.5) is 0 Å². The monoisotopic (exact) mass is 465 g/mol. The van der Waals surface area contributed by atoms with Gasteiger partial charge in [0.1, 0.15) is 0 Å². The van der Waals surface area contributed by atoms with E-state index < -0.39 is 0 Å². The molecule has 1 aromatic carbocycles. The Balaban J connectivity index is 1.44. The lowest BCUT2D eigenvalue weighted by Crippen LogP contribution is -2.12. The summed E-state index contributed by atoms with van der Waals surface area (Å²) in [6.45, 7) is 4.23. The third kappa shape index (κ3) is 3.73. The van der Waals surface area contributed by atoms with Gasteiger partial charge in [-0.05, 0) is 19.4 Å². The molecular formula is C22H19N5OS3. The molecule has 0 fully saturated rings. The minimum atomic E-state index is -0.0583. The Kier molecular flexibility index (Phi) is 5.25. The maximum atomic E-state index is 12.2. The average molecular weight is 466 g/mol. The Hall–Kier alpha value is -2.75. The van der Waals surface area contributed by atoms with Crippen molar-refractivity contribution in [2.24, 2.45) is 7.05 Å². The first kappa shape index (κ1) is 20.2. The maximum Gasteiger partial charge on any atom is 0.258 e. The predicted octanol–water partition coefficient (Wildman–Crippen LogP) is 5.19. The van der Waals surface area contributed by atoms with Crippen LogP contribution in [0.2, 0.25) is 0 Å². The topological polar surface area (TPSA) is 65.1 Å². The Bertz CT molecular complexity index is 1440. The predicted molar refractivity (Wildman–Crippen MR) is 128 cm³/mol. The molecule has 31 heavy (non-hydrogen) atoms. The Morgan fingerprint density at radius 3 is 2.71 bits per heavy atom. The molecule has 4 heterocycles. The van der Waals surface area contributed by atoms with E-state index >= 15 is 0 Å². The molecule has 0 spiro atoms. The Morgan fingerprint density at radius 1 is 1.10 bits per heavy atom. The minimum Gasteiger partial charge on any atom is -0.305 e. The number of hydrogen-bond donors (Lipinski definition) is 0. The smallest absolute Gasteiger partial charge is 0.258 e. The number of thiophene rings is 1. The molecule has 9 heteroatoms. The van der Waals surface area contributed by atoms with Crippen molar-refractivity contribution < 1.29 is 0 Å². The SMILES string of the molecule is Cc1ccc(-c2c(-c3nnc(SCc4cc(=O)n5ccsc5n4)n3C)csc2C)cc1. The van der Waals surface area contributed by atoms with Crippen molar-refractivity contribution in [3.63, 3.8) is 0 Å². The van der Waals surface area contributed by atoms with Gasteiger partial charge in [-0.3, -0.25) is 9.20 Å². The largest absolute Gasteiger partial charge is 0.305 e. The summed E-state index contributed by atoms with van der Waals surface area (Å²) in [5.74, 6) is 1.40. The fourth-order valence-corrected chi connectivity index (χ4v) is 5.88. The fraction of sp³-hybridized carbons (Fsp3) is 0.182. The molecule has 0 aliphatic carbocycles. The highest BCUT2D eigenvalue weighted by molar-refractivity contribution is 7.98. The van der Waals surface area contributed by atoms with Crippen molar-refractivity contribution in [1.29, 1.82) is 0 Å². The number of aryl methyl sites for hydroxylation is 2. The highest BCUT2D eigenvalue weighted by Gasteiger charge is 2.19. The summed E-state index contributed by atoms with van der Waals surface area (Å²) in [6.07, 6.45) is 1.75. The van der Waals surface area contributed by atoms with E-state index in [1.807, 2.05) is 17.0 Å². The molecule has 0 amide bonds. The summed E-state index contributed by atoms with van der Waals surface area (Å²) in [5.41, 5.74) is 5.40. The van der Waals surface area contributed by atoms with Crippen molar-refractivity contribution in [1.82, 2.24) is 24.1 Å². The van der Waals surface area contributed by atoms with E-state index in [1.165, 1.54) is 44.7 Å². The summed E-state index contributed by atoms with van der Waals surface area (Å²) >= 11 is 4.71. The van der Waals surface area contributed by atoms with Crippen LogP contribution in [0.25, 0.3) is 27.5 Å². The molecule has 0 aliphatic rings. The van der Waals surface area contributed by atoms with Crippen LogP contribution in [-0.4, -0.2) is 24.1 Å². The van der Waals surface area contributed by atoms with E-state index in [4.69, 9.17) is 0 Å². The second-order valence-electron chi connectivity index (χ2n) is 7.24. The maximum absolute atomic E-state index is 12.2. The lowest BCUT2D eigenvalue weighted by Gasteiger charge is -2.07. The molecule has 5 rings (SSSR count). The molecule has 0 bridgehead atoms. The van der Waals surface area contributed by atoms with Gasteiger partial charge in [-0.2, -0.15) is 0 Å². The lowest BCUT2D eigenvalue weighted by molar-refractivity contribution is 0.793. The molecule has 0 N–H and O–H groups in total. The van der Waals surface area contributed by atoms with E-state index in [0.717, 1.165) is 22.2 Å². The molecule has 5 aromatic rings. The van der Waals surface area contributed by atoms with Gasteiger partial charge in [0.25, 0.3) is 5.56 Å². The van der Waals surface area contributed by atoms with Gasteiger partial charge < -0.3 is 4.57 Å². The minimum absolute atomic E-state index is 0.0583. The van der Waals surface area contributed by atoms with Crippen LogP contribution in [-0.2, 0) is 12.8 Å². The van der Waals surface area contributed by atoms with E-state index in [-0.39, 0.29) is 5.56 Å². The molecule has 6 nitrogen and oxygen atoms in total. The lowest BCUT2D eigenvalue weighted by atomic mass is 10.0. The summed E-state index contributed by atoms with van der Waals surface area (Å²) in [7, 11) is 1.98. The zero-order chi connectivity index (χ0) is 21.5. The van der Waals surface area contributed by atoms with Gasteiger partial charge in [0.15, 0.2) is 15.9 Å². The van der Waals surface area contributed by atoms with Crippen molar-refractivity contribution in [2.45, 2.75) is 24.8 Å². The number of benzene rings is 1. The van der Waals surface area contributed by atoms with Crippen LogP contribution in [0.5, 0.6) is 0 Å². The van der Waals surface area contributed by atoms with Crippen LogP contribution in [0.15, 0.2) is 57.2 Å². The van der Waals surface area contributed by atoms with Crippen LogP contribution in [0, 0.1) is 13.8 Å². The zero-order valence-electron chi connectivity index (χ0n) is 17.2. The normalized spacial score (nSPS) is 11.5. The van der Waals surface area contributed by atoms with Crippen molar-refractivity contribution in [2.75, 3.05) is 0 Å². The molecular weight excluding hydrogens is 446 g/mol. The van der Waals surface area contributed by atoms with Gasteiger partial charge in [-0.15, -0.1) is 32.9 Å².